The van der Waals surface area contributed by atoms with Crippen LogP contribution in [0.2, 0.25) is 0 Å². The van der Waals surface area contributed by atoms with Crippen LogP contribution < -0.4 is 10.2 Å². The number of para-hydroxylation sites is 1. The van der Waals surface area contributed by atoms with E-state index in [0.717, 1.165) is 38.5 Å². The van der Waals surface area contributed by atoms with Crippen molar-refractivity contribution in [1.29, 1.82) is 0 Å². The number of hydrogen-bond acceptors (Lipinski definition) is 4. The summed E-state index contributed by atoms with van der Waals surface area (Å²) in [6.45, 7) is 3.64. The first-order valence-corrected chi connectivity index (χ1v) is 8.15. The summed E-state index contributed by atoms with van der Waals surface area (Å²) in [5, 5.41) is 12.4. The van der Waals surface area contributed by atoms with Gasteiger partial charge in [-0.3, -0.25) is 0 Å². The molecule has 1 saturated heterocycles. The van der Waals surface area contributed by atoms with Gasteiger partial charge >= 0.3 is 0 Å². The van der Waals surface area contributed by atoms with Crippen LogP contribution in [0.25, 0.3) is 0 Å². The Morgan fingerprint density at radius 2 is 1.90 bits per heavy atom. The number of ether oxygens (including phenoxy) is 1. The van der Waals surface area contributed by atoms with Crippen molar-refractivity contribution in [1.82, 2.24) is 5.32 Å². The first-order valence-electron chi connectivity index (χ1n) is 8.15. The third-order valence-corrected chi connectivity index (χ3v) is 4.38. The fraction of sp³-hybridized carbons (Fsp3) is 0.647. The second-order valence-corrected chi connectivity index (χ2v) is 6.06. The molecule has 0 atom stereocenters. The zero-order valence-electron chi connectivity index (χ0n) is 12.6. The van der Waals surface area contributed by atoms with Gasteiger partial charge in [-0.25, -0.2) is 0 Å². The summed E-state index contributed by atoms with van der Waals surface area (Å²) >= 11 is 0. The highest BCUT2D eigenvalue weighted by atomic mass is 16.5. The summed E-state index contributed by atoms with van der Waals surface area (Å²) < 4.78 is 5.64. The Balaban J connectivity index is 1.56. The van der Waals surface area contributed by atoms with Gasteiger partial charge in [-0.05, 0) is 37.3 Å². The minimum absolute atomic E-state index is 0.121. The number of aliphatic hydroxyl groups excluding tert-OH is 1. The maximum atomic E-state index is 8.83. The van der Waals surface area contributed by atoms with Crippen molar-refractivity contribution in [2.75, 3.05) is 31.2 Å². The molecule has 0 aromatic heterocycles. The summed E-state index contributed by atoms with van der Waals surface area (Å²) in [5.41, 5.74) is 2.77. The minimum Gasteiger partial charge on any atom is -0.394 e. The molecule has 1 heterocycles. The fourth-order valence-corrected chi connectivity index (χ4v) is 2.99. The molecule has 0 bridgehead atoms. The smallest absolute Gasteiger partial charge is 0.0701 e. The van der Waals surface area contributed by atoms with Crippen LogP contribution >= 0.6 is 0 Å². The van der Waals surface area contributed by atoms with E-state index in [1.165, 1.54) is 24.1 Å². The van der Waals surface area contributed by atoms with Gasteiger partial charge in [0.15, 0.2) is 0 Å². The highest BCUT2D eigenvalue weighted by Gasteiger charge is 2.23. The van der Waals surface area contributed by atoms with Gasteiger partial charge in [0.1, 0.15) is 0 Å². The number of nitrogens with zero attached hydrogens (tertiary/aromatic N) is 1. The van der Waals surface area contributed by atoms with Crippen molar-refractivity contribution in [3.63, 3.8) is 0 Å². The number of piperidine rings is 1. The van der Waals surface area contributed by atoms with Gasteiger partial charge in [-0.15, -0.1) is 0 Å². The normalized spacial score (nSPS) is 20.0. The number of benzene rings is 1. The van der Waals surface area contributed by atoms with Crippen LogP contribution in [-0.2, 0) is 11.3 Å². The topological polar surface area (TPSA) is 44.7 Å². The molecule has 1 saturated carbocycles. The van der Waals surface area contributed by atoms with Crippen molar-refractivity contribution < 1.29 is 9.84 Å². The Morgan fingerprint density at radius 1 is 1.14 bits per heavy atom. The maximum absolute atomic E-state index is 8.83. The van der Waals surface area contributed by atoms with Crippen LogP contribution in [0.5, 0.6) is 0 Å². The Bertz CT molecular complexity index is 440. The lowest BCUT2D eigenvalue weighted by Crippen LogP contribution is -2.38. The van der Waals surface area contributed by atoms with E-state index in [0.29, 0.717) is 12.7 Å². The molecule has 0 radical (unpaired) electrons. The standard InChI is InChI=1S/C17H26N2O2/c20-11-12-21-16-7-9-19(10-8-16)17-4-2-1-3-14(17)13-18-15-5-6-15/h1-4,15-16,18,20H,5-13H2. The van der Waals surface area contributed by atoms with E-state index in [9.17, 15) is 0 Å². The van der Waals surface area contributed by atoms with E-state index in [2.05, 4.69) is 34.5 Å². The molecule has 4 nitrogen and oxygen atoms in total. The molecular weight excluding hydrogens is 264 g/mol. The number of rotatable bonds is 7. The summed E-state index contributed by atoms with van der Waals surface area (Å²) in [4.78, 5) is 2.47. The molecule has 4 heteroatoms. The molecule has 21 heavy (non-hydrogen) atoms. The lowest BCUT2D eigenvalue weighted by molar-refractivity contribution is 0.0159. The predicted octanol–water partition coefficient (Wildman–Crippen LogP) is 1.92. The van der Waals surface area contributed by atoms with Crippen LogP contribution in [0, 0.1) is 0 Å². The quantitative estimate of drug-likeness (QED) is 0.805. The number of hydrogen-bond donors (Lipinski definition) is 2. The zero-order chi connectivity index (χ0) is 14.5. The van der Waals surface area contributed by atoms with Crippen molar-refractivity contribution >= 4 is 5.69 Å². The molecule has 2 aliphatic rings. The van der Waals surface area contributed by atoms with Crippen LogP contribution in [-0.4, -0.2) is 43.6 Å². The maximum Gasteiger partial charge on any atom is 0.0701 e. The molecule has 1 aliphatic heterocycles. The second-order valence-electron chi connectivity index (χ2n) is 6.06. The third-order valence-electron chi connectivity index (χ3n) is 4.38. The summed E-state index contributed by atoms with van der Waals surface area (Å²) in [6, 6.07) is 9.47. The van der Waals surface area contributed by atoms with E-state index >= 15 is 0 Å². The first-order chi connectivity index (χ1) is 10.4. The second kappa shape index (κ2) is 7.25. The Labute approximate surface area is 127 Å². The monoisotopic (exact) mass is 290 g/mol. The van der Waals surface area contributed by atoms with Gasteiger partial charge in [0.25, 0.3) is 0 Å². The summed E-state index contributed by atoms with van der Waals surface area (Å²) in [5.74, 6) is 0. The van der Waals surface area contributed by atoms with Crippen molar-refractivity contribution in [3.8, 4) is 0 Å². The Morgan fingerprint density at radius 3 is 2.62 bits per heavy atom. The van der Waals surface area contributed by atoms with Gasteiger partial charge in [-0.2, -0.15) is 0 Å². The average molecular weight is 290 g/mol. The molecular formula is C17H26N2O2. The fourth-order valence-electron chi connectivity index (χ4n) is 2.99. The van der Waals surface area contributed by atoms with Gasteiger partial charge in [-0.1, -0.05) is 18.2 Å². The van der Waals surface area contributed by atoms with Crippen molar-refractivity contribution in [2.45, 2.75) is 44.4 Å². The lowest BCUT2D eigenvalue weighted by atomic mass is 10.0. The molecule has 0 amide bonds. The average Bonchev–Trinajstić information content (AvgIpc) is 3.36. The SMILES string of the molecule is OCCOC1CCN(c2ccccc2CNC2CC2)CC1. The van der Waals surface area contributed by atoms with Crippen LogP contribution in [0.1, 0.15) is 31.2 Å². The number of aliphatic hydroxyl groups is 1. The van der Waals surface area contributed by atoms with Crippen molar-refractivity contribution in [3.05, 3.63) is 29.8 Å². The number of nitrogens with one attached hydrogen (secondary N) is 1. The molecule has 1 aromatic carbocycles. The molecule has 1 aliphatic carbocycles. The van der Waals surface area contributed by atoms with E-state index in [4.69, 9.17) is 9.84 Å². The molecule has 116 valence electrons. The molecule has 0 spiro atoms. The number of anilines is 1. The molecule has 2 N–H and O–H groups in total. The third kappa shape index (κ3) is 4.19. The van der Waals surface area contributed by atoms with Gasteiger partial charge in [0, 0.05) is 31.4 Å². The van der Waals surface area contributed by atoms with Gasteiger partial charge in [0.2, 0.25) is 0 Å². The Hall–Kier alpha value is -1.10. The van der Waals surface area contributed by atoms with E-state index in [1.807, 2.05) is 0 Å². The van der Waals surface area contributed by atoms with E-state index in [-0.39, 0.29) is 6.61 Å². The Kier molecular flexibility index (Phi) is 5.12. The summed E-state index contributed by atoms with van der Waals surface area (Å²) in [7, 11) is 0. The van der Waals surface area contributed by atoms with E-state index in [1.54, 1.807) is 0 Å². The summed E-state index contributed by atoms with van der Waals surface area (Å²) in [6.07, 6.45) is 5.06. The molecule has 0 unspecified atom stereocenters. The predicted molar refractivity (Wildman–Crippen MR) is 84.6 cm³/mol. The molecule has 3 rings (SSSR count). The lowest BCUT2D eigenvalue weighted by Gasteiger charge is -2.34. The van der Waals surface area contributed by atoms with Crippen LogP contribution in [0.3, 0.4) is 0 Å². The van der Waals surface area contributed by atoms with Crippen molar-refractivity contribution in [2.24, 2.45) is 0 Å². The van der Waals surface area contributed by atoms with Crippen LogP contribution in [0.4, 0.5) is 5.69 Å². The largest absolute Gasteiger partial charge is 0.394 e. The van der Waals surface area contributed by atoms with Gasteiger partial charge < -0.3 is 20.1 Å². The first kappa shape index (κ1) is 14.8. The van der Waals surface area contributed by atoms with E-state index < -0.39 is 0 Å². The molecule has 2 fully saturated rings. The molecule has 1 aromatic rings. The van der Waals surface area contributed by atoms with Crippen LogP contribution in [0.15, 0.2) is 24.3 Å². The van der Waals surface area contributed by atoms with Gasteiger partial charge in [0.05, 0.1) is 19.3 Å². The zero-order valence-corrected chi connectivity index (χ0v) is 12.6. The highest BCUT2D eigenvalue weighted by molar-refractivity contribution is 5.54. The minimum atomic E-state index is 0.121. The highest BCUT2D eigenvalue weighted by Crippen LogP contribution is 2.26.